The number of hydrogen-bond donors (Lipinski definition) is 1. The fourth-order valence-corrected chi connectivity index (χ4v) is 3.21. The summed E-state index contributed by atoms with van der Waals surface area (Å²) in [7, 11) is 0. The highest BCUT2D eigenvalue weighted by atomic mass is 16.2. The smallest absolute Gasteiger partial charge is 0.272 e. The molecule has 0 aliphatic rings. The summed E-state index contributed by atoms with van der Waals surface area (Å²) in [5, 5.41) is 3.42. The number of benzene rings is 1. The zero-order valence-electron chi connectivity index (χ0n) is 17.6. The number of aromatic nitrogens is 2. The first-order chi connectivity index (χ1) is 12.8. The first-order valence-electron chi connectivity index (χ1n) is 9.83. The van der Waals surface area contributed by atoms with Crippen LogP contribution in [0.4, 0.5) is 11.6 Å². The monoisotopic (exact) mass is 368 g/mol. The summed E-state index contributed by atoms with van der Waals surface area (Å²) in [6.45, 7) is 15.9. The molecular formula is C22H32N4O. The van der Waals surface area contributed by atoms with Crippen LogP contribution in [0.3, 0.4) is 0 Å². The Morgan fingerprint density at radius 1 is 1.04 bits per heavy atom. The molecule has 0 aliphatic carbocycles. The molecule has 0 fully saturated rings. The molecule has 1 heterocycles. The zero-order chi connectivity index (χ0) is 20.1. The standard InChI is InChI=1S/C22H32N4O/c1-8-26(9-2)21(27)19-13-16(7)23-22(24-19)25-20-17(14(3)4)11-10-12-18(20)15(5)6/h10-15H,8-9H2,1-7H3,(H,23,24,25). The van der Waals surface area contributed by atoms with Gasteiger partial charge in [0.15, 0.2) is 0 Å². The van der Waals surface area contributed by atoms with Crippen molar-refractivity contribution in [1.82, 2.24) is 14.9 Å². The van der Waals surface area contributed by atoms with Gasteiger partial charge in [-0.05, 0) is 49.8 Å². The molecule has 1 aromatic carbocycles. The van der Waals surface area contributed by atoms with Crippen molar-refractivity contribution >= 4 is 17.5 Å². The summed E-state index contributed by atoms with van der Waals surface area (Å²) in [6, 6.07) is 8.12. The summed E-state index contributed by atoms with van der Waals surface area (Å²) >= 11 is 0. The highest BCUT2D eigenvalue weighted by molar-refractivity contribution is 5.92. The maximum absolute atomic E-state index is 12.7. The van der Waals surface area contributed by atoms with Crippen LogP contribution in [0.2, 0.25) is 0 Å². The van der Waals surface area contributed by atoms with E-state index in [-0.39, 0.29) is 5.91 Å². The second kappa shape index (κ2) is 8.98. The van der Waals surface area contributed by atoms with E-state index in [0.29, 0.717) is 36.6 Å². The molecule has 146 valence electrons. The first kappa shape index (κ1) is 20.9. The van der Waals surface area contributed by atoms with Crippen molar-refractivity contribution in [2.45, 2.75) is 60.3 Å². The number of carbonyl (C=O) groups is 1. The van der Waals surface area contributed by atoms with E-state index >= 15 is 0 Å². The van der Waals surface area contributed by atoms with E-state index in [2.05, 4.69) is 61.2 Å². The summed E-state index contributed by atoms with van der Waals surface area (Å²) in [6.07, 6.45) is 0. The highest BCUT2D eigenvalue weighted by Gasteiger charge is 2.18. The van der Waals surface area contributed by atoms with Gasteiger partial charge in [0.1, 0.15) is 5.69 Å². The van der Waals surface area contributed by atoms with E-state index in [1.54, 1.807) is 11.0 Å². The van der Waals surface area contributed by atoms with E-state index < -0.39 is 0 Å². The number of aryl methyl sites for hydroxylation is 1. The summed E-state index contributed by atoms with van der Waals surface area (Å²) in [4.78, 5) is 23.6. The lowest BCUT2D eigenvalue weighted by Crippen LogP contribution is -2.31. The molecule has 1 aromatic heterocycles. The SMILES string of the molecule is CCN(CC)C(=O)c1cc(C)nc(Nc2c(C(C)C)cccc2C(C)C)n1. The highest BCUT2D eigenvalue weighted by Crippen LogP contribution is 2.33. The Hall–Kier alpha value is -2.43. The number of nitrogens with one attached hydrogen (secondary N) is 1. The maximum Gasteiger partial charge on any atom is 0.272 e. The summed E-state index contributed by atoms with van der Waals surface area (Å²) in [5.74, 6) is 1.15. The fraction of sp³-hybridized carbons (Fsp3) is 0.500. The van der Waals surface area contributed by atoms with Crippen molar-refractivity contribution in [3.63, 3.8) is 0 Å². The number of anilines is 2. The lowest BCUT2D eigenvalue weighted by atomic mass is 9.93. The second-order valence-electron chi connectivity index (χ2n) is 7.44. The molecule has 0 radical (unpaired) electrons. The number of carbonyl (C=O) groups excluding carboxylic acids is 1. The average molecular weight is 369 g/mol. The molecule has 1 N–H and O–H groups in total. The third-order valence-corrected chi connectivity index (χ3v) is 4.73. The van der Waals surface area contributed by atoms with Crippen molar-refractivity contribution in [2.75, 3.05) is 18.4 Å². The van der Waals surface area contributed by atoms with Gasteiger partial charge >= 0.3 is 0 Å². The molecule has 27 heavy (non-hydrogen) atoms. The van der Waals surface area contributed by atoms with Crippen LogP contribution in [-0.4, -0.2) is 33.9 Å². The first-order valence-corrected chi connectivity index (χ1v) is 9.83. The molecule has 0 unspecified atom stereocenters. The number of rotatable bonds is 7. The molecule has 1 amide bonds. The third-order valence-electron chi connectivity index (χ3n) is 4.73. The molecule has 0 spiro atoms. The van der Waals surface area contributed by atoms with Crippen LogP contribution in [0.5, 0.6) is 0 Å². The number of para-hydroxylation sites is 1. The zero-order valence-corrected chi connectivity index (χ0v) is 17.6. The normalized spacial score (nSPS) is 11.1. The lowest BCUT2D eigenvalue weighted by Gasteiger charge is -2.21. The van der Waals surface area contributed by atoms with Gasteiger partial charge in [0.05, 0.1) is 0 Å². The van der Waals surface area contributed by atoms with E-state index in [9.17, 15) is 4.79 Å². The van der Waals surface area contributed by atoms with Crippen LogP contribution >= 0.6 is 0 Å². The van der Waals surface area contributed by atoms with Gasteiger partial charge in [-0.3, -0.25) is 4.79 Å². The van der Waals surface area contributed by atoms with E-state index in [1.165, 1.54) is 11.1 Å². The van der Waals surface area contributed by atoms with Crippen LogP contribution in [0.15, 0.2) is 24.3 Å². The van der Waals surface area contributed by atoms with Gasteiger partial charge in [-0.25, -0.2) is 9.97 Å². The van der Waals surface area contributed by atoms with Crippen molar-refractivity contribution in [1.29, 1.82) is 0 Å². The summed E-state index contributed by atoms with van der Waals surface area (Å²) in [5.41, 5.74) is 4.71. The van der Waals surface area contributed by atoms with E-state index in [4.69, 9.17) is 0 Å². The molecule has 2 rings (SSSR count). The quantitative estimate of drug-likeness (QED) is 0.724. The predicted octanol–water partition coefficient (Wildman–Crippen LogP) is 5.26. The fourth-order valence-electron chi connectivity index (χ4n) is 3.21. The van der Waals surface area contributed by atoms with Gasteiger partial charge < -0.3 is 10.2 Å². The van der Waals surface area contributed by atoms with Crippen LogP contribution in [-0.2, 0) is 0 Å². The Kier molecular flexibility index (Phi) is 6.94. The Balaban J connectivity index is 2.48. The van der Waals surface area contributed by atoms with Crippen molar-refractivity contribution in [3.05, 3.63) is 46.8 Å². The number of nitrogens with zero attached hydrogens (tertiary/aromatic N) is 3. The van der Waals surface area contributed by atoms with Gasteiger partial charge in [-0.2, -0.15) is 0 Å². The predicted molar refractivity (Wildman–Crippen MR) is 112 cm³/mol. The molecule has 5 heteroatoms. The van der Waals surface area contributed by atoms with Crippen LogP contribution < -0.4 is 5.32 Å². The van der Waals surface area contributed by atoms with Gasteiger partial charge in [0.2, 0.25) is 5.95 Å². The maximum atomic E-state index is 12.7. The van der Waals surface area contributed by atoms with E-state index in [0.717, 1.165) is 11.4 Å². The molecule has 0 atom stereocenters. The summed E-state index contributed by atoms with van der Waals surface area (Å²) < 4.78 is 0. The molecule has 0 aliphatic heterocycles. The van der Waals surface area contributed by atoms with Crippen LogP contribution in [0, 0.1) is 6.92 Å². The minimum absolute atomic E-state index is 0.0604. The molecule has 0 saturated carbocycles. The minimum atomic E-state index is -0.0604. The van der Waals surface area contributed by atoms with Gasteiger partial charge in [-0.1, -0.05) is 45.9 Å². The van der Waals surface area contributed by atoms with Gasteiger partial charge in [0, 0.05) is 24.5 Å². The van der Waals surface area contributed by atoms with Crippen molar-refractivity contribution in [3.8, 4) is 0 Å². The van der Waals surface area contributed by atoms with Gasteiger partial charge in [-0.15, -0.1) is 0 Å². The Bertz CT molecular complexity index is 769. The molecule has 5 nitrogen and oxygen atoms in total. The minimum Gasteiger partial charge on any atom is -0.338 e. The Morgan fingerprint density at radius 3 is 2.07 bits per heavy atom. The van der Waals surface area contributed by atoms with Crippen molar-refractivity contribution < 1.29 is 4.79 Å². The molecule has 0 bridgehead atoms. The lowest BCUT2D eigenvalue weighted by molar-refractivity contribution is 0.0767. The number of hydrogen-bond acceptors (Lipinski definition) is 4. The largest absolute Gasteiger partial charge is 0.338 e. The Labute approximate surface area is 163 Å². The van der Waals surface area contributed by atoms with Gasteiger partial charge in [0.25, 0.3) is 5.91 Å². The van der Waals surface area contributed by atoms with Crippen LogP contribution in [0.25, 0.3) is 0 Å². The molecular weight excluding hydrogens is 336 g/mol. The Morgan fingerprint density at radius 2 is 1.59 bits per heavy atom. The van der Waals surface area contributed by atoms with Crippen molar-refractivity contribution in [2.24, 2.45) is 0 Å². The molecule has 0 saturated heterocycles. The second-order valence-corrected chi connectivity index (χ2v) is 7.44. The topological polar surface area (TPSA) is 58.1 Å². The average Bonchev–Trinajstić information content (AvgIpc) is 2.61. The molecule has 2 aromatic rings. The number of amides is 1. The van der Waals surface area contributed by atoms with Crippen LogP contribution in [0.1, 0.15) is 80.7 Å². The van der Waals surface area contributed by atoms with E-state index in [1.807, 2.05) is 20.8 Å². The third kappa shape index (κ3) is 4.85.